The normalized spacial score (nSPS) is 30.1. The lowest BCUT2D eigenvalue weighted by Crippen LogP contribution is -2.48. The molecule has 0 radical (unpaired) electrons. The van der Waals surface area contributed by atoms with Gasteiger partial charge in [0.25, 0.3) is 0 Å². The number of carbonyl (C=O) groups excluding carboxylic acids is 3. The first-order valence-electron chi connectivity index (χ1n) is 13.1. The number of rotatable bonds is 9. The Morgan fingerprint density at radius 3 is 2.14 bits per heavy atom. The molecule has 3 fully saturated rings. The van der Waals surface area contributed by atoms with Crippen molar-refractivity contribution in [2.75, 3.05) is 6.61 Å². The van der Waals surface area contributed by atoms with E-state index in [0.29, 0.717) is 29.9 Å². The summed E-state index contributed by atoms with van der Waals surface area (Å²) in [7, 11) is 0. The first-order valence-corrected chi connectivity index (χ1v) is 13.1. The summed E-state index contributed by atoms with van der Waals surface area (Å²) < 4.78 is 11.4. The highest BCUT2D eigenvalue weighted by molar-refractivity contribution is 6.09. The lowest BCUT2D eigenvalue weighted by atomic mass is 9.63. The predicted octanol–water partition coefficient (Wildman–Crippen LogP) is 4.44. The van der Waals surface area contributed by atoms with Crippen LogP contribution in [0.4, 0.5) is 0 Å². The molecule has 6 nitrogen and oxygen atoms in total. The number of carbonyl (C=O) groups is 3. The maximum absolute atomic E-state index is 13.7. The van der Waals surface area contributed by atoms with Gasteiger partial charge < -0.3 is 9.47 Å². The molecule has 36 heavy (non-hydrogen) atoms. The average molecular weight is 486 g/mol. The van der Waals surface area contributed by atoms with Gasteiger partial charge >= 0.3 is 5.97 Å². The Labute approximate surface area is 211 Å². The molecule has 1 heterocycles. The zero-order valence-corrected chi connectivity index (χ0v) is 20.4. The van der Waals surface area contributed by atoms with Crippen LogP contribution in [-0.2, 0) is 20.8 Å². The highest BCUT2D eigenvalue weighted by atomic mass is 16.5. The molecule has 0 unspecified atom stereocenters. The van der Waals surface area contributed by atoms with Crippen molar-refractivity contribution in [1.29, 1.82) is 0 Å². The van der Waals surface area contributed by atoms with Gasteiger partial charge in [0.1, 0.15) is 17.5 Å². The first kappa shape index (κ1) is 23.0. The van der Waals surface area contributed by atoms with Crippen molar-refractivity contribution in [2.24, 2.45) is 35.5 Å². The van der Waals surface area contributed by atoms with E-state index in [1.54, 1.807) is 24.3 Å². The number of esters is 1. The van der Waals surface area contributed by atoms with E-state index in [2.05, 4.69) is 19.1 Å². The van der Waals surface area contributed by atoms with Crippen LogP contribution in [0.2, 0.25) is 0 Å². The maximum Gasteiger partial charge on any atom is 0.335 e. The highest BCUT2D eigenvalue weighted by Gasteiger charge is 2.68. The second kappa shape index (κ2) is 9.23. The van der Waals surface area contributed by atoms with Crippen LogP contribution in [0, 0.1) is 35.5 Å². The van der Waals surface area contributed by atoms with Crippen LogP contribution < -0.4 is 9.47 Å². The molecule has 2 amide bonds. The van der Waals surface area contributed by atoms with Crippen molar-refractivity contribution in [3.8, 4) is 11.5 Å². The van der Waals surface area contributed by atoms with E-state index in [0.717, 1.165) is 24.8 Å². The Morgan fingerprint density at radius 2 is 1.53 bits per heavy atom. The molecular formula is C30H31NO5. The summed E-state index contributed by atoms with van der Waals surface area (Å²) in [4.78, 5) is 42.2. The van der Waals surface area contributed by atoms with Crippen LogP contribution in [0.25, 0.3) is 0 Å². The van der Waals surface area contributed by atoms with E-state index in [4.69, 9.17) is 9.47 Å². The number of hydrogen-bond acceptors (Lipinski definition) is 5. The number of hydrogen-bond donors (Lipinski definition) is 0. The van der Waals surface area contributed by atoms with Gasteiger partial charge in [-0.15, -0.1) is 0 Å². The van der Waals surface area contributed by atoms with Gasteiger partial charge in [0.05, 0.1) is 18.4 Å². The fourth-order valence-corrected chi connectivity index (χ4v) is 6.53. The Morgan fingerprint density at radius 1 is 0.917 bits per heavy atom. The Kier molecular flexibility index (Phi) is 5.90. The van der Waals surface area contributed by atoms with Gasteiger partial charge in [-0.2, -0.15) is 0 Å². The van der Waals surface area contributed by atoms with Crippen LogP contribution in [0.3, 0.4) is 0 Å². The Bertz CT molecular complexity index is 1150. The number of amides is 2. The fourth-order valence-electron chi connectivity index (χ4n) is 6.53. The van der Waals surface area contributed by atoms with E-state index >= 15 is 0 Å². The van der Waals surface area contributed by atoms with Gasteiger partial charge in [0.2, 0.25) is 11.8 Å². The van der Waals surface area contributed by atoms with Crippen LogP contribution >= 0.6 is 0 Å². The Balaban J connectivity index is 1.24. The minimum atomic E-state index is -1.01. The number of imide groups is 1. The fraction of sp³-hybridized carbons (Fsp3) is 0.433. The lowest BCUT2D eigenvalue weighted by Gasteiger charge is -2.37. The van der Waals surface area contributed by atoms with Crippen LogP contribution in [0.5, 0.6) is 11.5 Å². The molecule has 6 heteroatoms. The summed E-state index contributed by atoms with van der Waals surface area (Å²) in [5.74, 6) is 0.596. The van der Waals surface area contributed by atoms with Crippen LogP contribution in [-0.4, -0.2) is 35.3 Å². The van der Waals surface area contributed by atoms with Crippen LogP contribution in [0.1, 0.15) is 31.7 Å². The first-order chi connectivity index (χ1) is 17.6. The quantitative estimate of drug-likeness (QED) is 0.173. The van der Waals surface area contributed by atoms with E-state index in [1.807, 2.05) is 30.3 Å². The van der Waals surface area contributed by atoms with Gasteiger partial charge in [0, 0.05) is 6.42 Å². The third kappa shape index (κ3) is 3.93. The molecule has 0 aromatic heterocycles. The van der Waals surface area contributed by atoms with Crippen molar-refractivity contribution >= 4 is 17.8 Å². The molecule has 2 saturated carbocycles. The molecule has 1 aliphatic heterocycles. The molecule has 7 rings (SSSR count). The topological polar surface area (TPSA) is 72.9 Å². The Hall–Kier alpha value is -3.41. The van der Waals surface area contributed by atoms with E-state index in [9.17, 15) is 14.4 Å². The number of unbranched alkanes of at least 4 members (excludes halogenated alkanes) is 1. The highest BCUT2D eigenvalue weighted by Crippen LogP contribution is 2.65. The summed E-state index contributed by atoms with van der Waals surface area (Å²) in [5, 5.41) is 0. The molecule has 0 spiro atoms. The molecule has 186 valence electrons. The molecule has 2 aromatic carbocycles. The summed E-state index contributed by atoms with van der Waals surface area (Å²) in [6, 6.07) is 15.4. The van der Waals surface area contributed by atoms with Crippen molar-refractivity contribution in [3.05, 3.63) is 72.3 Å². The van der Waals surface area contributed by atoms with E-state index < -0.39 is 12.0 Å². The zero-order chi connectivity index (χ0) is 24.8. The van der Waals surface area contributed by atoms with Gasteiger partial charge in [-0.3, -0.25) is 14.5 Å². The number of ether oxygens (including phenoxy) is 2. The number of likely N-dealkylation sites (tertiary alicyclic amines) is 1. The molecule has 2 bridgehead atoms. The van der Waals surface area contributed by atoms with Crippen molar-refractivity contribution < 1.29 is 23.9 Å². The van der Waals surface area contributed by atoms with Gasteiger partial charge in [0.15, 0.2) is 0 Å². The number of benzene rings is 2. The zero-order valence-electron chi connectivity index (χ0n) is 20.4. The molecule has 4 aliphatic carbocycles. The second-order valence-corrected chi connectivity index (χ2v) is 10.5. The van der Waals surface area contributed by atoms with Crippen molar-refractivity contribution in [2.45, 2.75) is 38.6 Å². The van der Waals surface area contributed by atoms with Gasteiger partial charge in [-0.25, -0.2) is 4.79 Å². The molecule has 0 N–H and O–H groups in total. The second-order valence-electron chi connectivity index (χ2n) is 10.5. The van der Waals surface area contributed by atoms with Gasteiger partial charge in [-0.05, 0) is 66.3 Å². The largest absolute Gasteiger partial charge is 0.494 e. The molecule has 1 saturated heterocycles. The van der Waals surface area contributed by atoms with Gasteiger partial charge in [-0.1, -0.05) is 55.8 Å². The molecular weight excluding hydrogens is 454 g/mol. The van der Waals surface area contributed by atoms with Crippen LogP contribution in [0.15, 0.2) is 66.7 Å². The summed E-state index contributed by atoms with van der Waals surface area (Å²) in [6.07, 6.45) is 7.63. The van der Waals surface area contributed by atoms with E-state index in [-0.39, 0.29) is 41.9 Å². The number of allylic oxidation sites excluding steroid dienone is 2. The molecule has 7 atom stereocenters. The minimum absolute atomic E-state index is 0.111. The third-order valence-corrected chi connectivity index (χ3v) is 8.36. The minimum Gasteiger partial charge on any atom is -0.494 e. The lowest BCUT2D eigenvalue weighted by molar-refractivity contribution is -0.153. The summed E-state index contributed by atoms with van der Waals surface area (Å²) in [5.41, 5.74) is 0.874. The average Bonchev–Trinajstić information content (AvgIpc) is 3.68. The number of nitrogens with zero attached hydrogens (tertiary/aromatic N) is 1. The molecule has 2 aromatic rings. The predicted molar refractivity (Wildman–Crippen MR) is 133 cm³/mol. The van der Waals surface area contributed by atoms with Crippen molar-refractivity contribution in [1.82, 2.24) is 4.90 Å². The third-order valence-electron chi connectivity index (χ3n) is 8.36. The molecule has 5 aliphatic rings. The maximum atomic E-state index is 13.7. The van der Waals surface area contributed by atoms with Crippen molar-refractivity contribution in [3.63, 3.8) is 0 Å². The van der Waals surface area contributed by atoms with E-state index in [1.165, 1.54) is 4.90 Å². The summed E-state index contributed by atoms with van der Waals surface area (Å²) in [6.45, 7) is 2.74. The standard InChI is InChI=1S/C30H31NO5/c1-2-3-15-35-19-9-11-20(12-10-19)36-30(34)25(16-18-7-5-4-6-8-18)31-28(32)26-21-13-14-22(24-17-23(21)24)27(26)29(31)33/h4-14,21-27H,2-3,15-17H2,1H3/t21-,22-,23-,24-,25+,26+,27+/m1/s1. The monoisotopic (exact) mass is 485 g/mol. The SMILES string of the molecule is CCCCOc1ccc(OC(=O)[C@H](Cc2ccccc2)N2C(=O)[C@H]3[C@@H]4C=C[C@H]([C@H]5C[C@H]45)[C@@H]3C2=O)cc1. The summed E-state index contributed by atoms with van der Waals surface area (Å²) >= 11 is 0. The smallest absolute Gasteiger partial charge is 0.335 e.